The average molecular weight is 283 g/mol. The molecule has 5 heteroatoms. The summed E-state index contributed by atoms with van der Waals surface area (Å²) in [6.07, 6.45) is 0.733. The molecule has 1 unspecified atom stereocenters. The van der Waals surface area contributed by atoms with Crippen molar-refractivity contribution >= 4 is 22.9 Å². The third kappa shape index (κ3) is 3.03. The Balaban J connectivity index is 2.24. The van der Waals surface area contributed by atoms with Gasteiger partial charge in [-0.05, 0) is 52.6 Å². The van der Waals surface area contributed by atoms with Crippen molar-refractivity contribution in [2.24, 2.45) is 5.84 Å². The van der Waals surface area contributed by atoms with Crippen molar-refractivity contribution < 1.29 is 4.74 Å². The van der Waals surface area contributed by atoms with Gasteiger partial charge in [0.25, 0.3) is 0 Å². The molecular formula is C13H15ClN2OS. The van der Waals surface area contributed by atoms with Crippen molar-refractivity contribution in [3.05, 3.63) is 51.2 Å². The van der Waals surface area contributed by atoms with Crippen LogP contribution in [0.3, 0.4) is 0 Å². The number of halogens is 1. The summed E-state index contributed by atoms with van der Waals surface area (Å²) in [4.78, 5) is 0. The summed E-state index contributed by atoms with van der Waals surface area (Å²) in [5.74, 6) is 6.45. The number of methoxy groups -OCH3 is 1. The van der Waals surface area contributed by atoms with Crippen molar-refractivity contribution in [3.63, 3.8) is 0 Å². The van der Waals surface area contributed by atoms with Gasteiger partial charge < -0.3 is 4.74 Å². The first-order valence-corrected chi connectivity index (χ1v) is 6.87. The fourth-order valence-electron chi connectivity index (χ4n) is 1.87. The number of nitrogens with two attached hydrogens (primary N) is 1. The summed E-state index contributed by atoms with van der Waals surface area (Å²) < 4.78 is 5.34. The van der Waals surface area contributed by atoms with Gasteiger partial charge >= 0.3 is 0 Å². The SMILES string of the molecule is COc1ccc(Cl)cc1CC(NN)c1ccsc1. The quantitative estimate of drug-likeness (QED) is 0.654. The molecule has 1 atom stereocenters. The number of benzene rings is 1. The van der Waals surface area contributed by atoms with Crippen molar-refractivity contribution in [2.45, 2.75) is 12.5 Å². The number of rotatable bonds is 5. The van der Waals surface area contributed by atoms with E-state index in [4.69, 9.17) is 22.2 Å². The van der Waals surface area contributed by atoms with Crippen LogP contribution in [0.5, 0.6) is 5.75 Å². The molecule has 1 heterocycles. The van der Waals surface area contributed by atoms with E-state index in [0.717, 1.165) is 17.7 Å². The van der Waals surface area contributed by atoms with Crippen LogP contribution in [0.4, 0.5) is 0 Å². The number of hydrogen-bond donors (Lipinski definition) is 2. The van der Waals surface area contributed by atoms with Crippen LogP contribution in [0.1, 0.15) is 17.2 Å². The Hall–Kier alpha value is -1.07. The third-order valence-corrected chi connectivity index (χ3v) is 3.75. The molecule has 0 saturated heterocycles. The maximum atomic E-state index is 6.02. The van der Waals surface area contributed by atoms with Gasteiger partial charge in [0, 0.05) is 5.02 Å². The van der Waals surface area contributed by atoms with Crippen molar-refractivity contribution in [2.75, 3.05) is 7.11 Å². The molecule has 0 spiro atoms. The molecule has 2 rings (SSSR count). The minimum Gasteiger partial charge on any atom is -0.496 e. The maximum Gasteiger partial charge on any atom is 0.122 e. The van der Waals surface area contributed by atoms with Crippen LogP contribution in [0.15, 0.2) is 35.0 Å². The molecule has 3 nitrogen and oxygen atoms in total. The van der Waals surface area contributed by atoms with Gasteiger partial charge in [0.05, 0.1) is 13.2 Å². The van der Waals surface area contributed by atoms with E-state index in [1.54, 1.807) is 18.4 Å². The summed E-state index contributed by atoms with van der Waals surface area (Å²) in [5, 5.41) is 4.82. The lowest BCUT2D eigenvalue weighted by molar-refractivity contribution is 0.405. The fraction of sp³-hybridized carbons (Fsp3) is 0.231. The Labute approximate surface area is 116 Å². The van der Waals surface area contributed by atoms with E-state index < -0.39 is 0 Å². The highest BCUT2D eigenvalue weighted by Gasteiger charge is 2.14. The van der Waals surface area contributed by atoms with Crippen LogP contribution in [0, 0.1) is 0 Å². The first kappa shape index (κ1) is 13.4. The molecule has 1 aromatic carbocycles. The van der Waals surface area contributed by atoms with Crippen LogP contribution < -0.4 is 16.0 Å². The van der Waals surface area contributed by atoms with Crippen LogP contribution in [-0.2, 0) is 6.42 Å². The Morgan fingerprint density at radius 2 is 2.28 bits per heavy atom. The van der Waals surface area contributed by atoms with Crippen LogP contribution in [-0.4, -0.2) is 7.11 Å². The highest BCUT2D eigenvalue weighted by atomic mass is 35.5. The molecule has 0 aliphatic heterocycles. The maximum absolute atomic E-state index is 6.02. The van der Waals surface area contributed by atoms with Gasteiger partial charge in [-0.2, -0.15) is 11.3 Å². The van der Waals surface area contributed by atoms with Crippen molar-refractivity contribution in [3.8, 4) is 5.75 Å². The molecule has 1 aromatic heterocycles. The van der Waals surface area contributed by atoms with Gasteiger partial charge in [0.1, 0.15) is 5.75 Å². The van der Waals surface area contributed by atoms with E-state index in [9.17, 15) is 0 Å². The Kier molecular flexibility index (Phi) is 4.60. The first-order valence-electron chi connectivity index (χ1n) is 5.55. The van der Waals surface area contributed by atoms with Crippen LogP contribution in [0.2, 0.25) is 5.02 Å². The fourth-order valence-corrected chi connectivity index (χ4v) is 2.78. The second kappa shape index (κ2) is 6.20. The highest BCUT2D eigenvalue weighted by molar-refractivity contribution is 7.07. The molecule has 18 heavy (non-hydrogen) atoms. The molecule has 0 aliphatic carbocycles. The summed E-state index contributed by atoms with van der Waals surface area (Å²) in [6.45, 7) is 0. The van der Waals surface area contributed by atoms with Crippen molar-refractivity contribution in [1.82, 2.24) is 5.43 Å². The smallest absolute Gasteiger partial charge is 0.122 e. The molecule has 3 N–H and O–H groups in total. The van der Waals surface area contributed by atoms with Crippen LogP contribution in [0.25, 0.3) is 0 Å². The van der Waals surface area contributed by atoms with Gasteiger partial charge in [0.2, 0.25) is 0 Å². The predicted octanol–water partition coefficient (Wildman–Crippen LogP) is 3.16. The number of thiophene rings is 1. The molecule has 0 fully saturated rings. The zero-order valence-corrected chi connectivity index (χ0v) is 11.6. The molecule has 0 amide bonds. The summed E-state index contributed by atoms with van der Waals surface area (Å²) >= 11 is 7.67. The molecule has 0 saturated carbocycles. The Morgan fingerprint density at radius 3 is 2.89 bits per heavy atom. The van der Waals surface area contributed by atoms with E-state index in [1.807, 2.05) is 23.6 Å². The standard InChI is InChI=1S/C13H15ClN2OS/c1-17-13-3-2-11(14)6-10(13)7-12(16-15)9-4-5-18-8-9/h2-6,8,12,16H,7,15H2,1H3. The molecule has 0 radical (unpaired) electrons. The number of nitrogens with one attached hydrogen (secondary N) is 1. The first-order chi connectivity index (χ1) is 8.74. The normalized spacial score (nSPS) is 12.4. The highest BCUT2D eigenvalue weighted by Crippen LogP contribution is 2.28. The Bertz CT molecular complexity index is 502. The van der Waals surface area contributed by atoms with E-state index in [1.165, 1.54) is 5.56 Å². The lowest BCUT2D eigenvalue weighted by Gasteiger charge is -2.17. The average Bonchev–Trinajstić information content (AvgIpc) is 2.90. The van der Waals surface area contributed by atoms with Gasteiger partial charge in [-0.1, -0.05) is 11.6 Å². The largest absolute Gasteiger partial charge is 0.496 e. The minimum atomic E-state index is 0.0589. The molecule has 2 aromatic rings. The van der Waals surface area contributed by atoms with E-state index in [2.05, 4.69) is 16.9 Å². The summed E-state index contributed by atoms with van der Waals surface area (Å²) in [5.41, 5.74) is 5.04. The lowest BCUT2D eigenvalue weighted by Crippen LogP contribution is -2.29. The van der Waals surface area contributed by atoms with E-state index in [0.29, 0.717) is 5.02 Å². The number of hydrogen-bond acceptors (Lipinski definition) is 4. The van der Waals surface area contributed by atoms with Gasteiger partial charge in [-0.25, -0.2) is 0 Å². The van der Waals surface area contributed by atoms with Crippen molar-refractivity contribution in [1.29, 1.82) is 0 Å². The zero-order valence-electron chi connectivity index (χ0n) is 10.0. The molecule has 0 aliphatic rings. The molecular weight excluding hydrogens is 268 g/mol. The summed E-state index contributed by atoms with van der Waals surface area (Å²) in [6, 6.07) is 7.73. The van der Waals surface area contributed by atoms with E-state index in [-0.39, 0.29) is 6.04 Å². The monoisotopic (exact) mass is 282 g/mol. The van der Waals surface area contributed by atoms with Crippen LogP contribution >= 0.6 is 22.9 Å². The van der Waals surface area contributed by atoms with E-state index >= 15 is 0 Å². The second-order valence-electron chi connectivity index (χ2n) is 3.94. The van der Waals surface area contributed by atoms with Gasteiger partial charge in [-0.15, -0.1) is 0 Å². The topological polar surface area (TPSA) is 47.3 Å². The molecule has 0 bridgehead atoms. The lowest BCUT2D eigenvalue weighted by atomic mass is 10.0. The molecule has 96 valence electrons. The third-order valence-electron chi connectivity index (χ3n) is 2.81. The van der Waals surface area contributed by atoms with Gasteiger partial charge in [0.15, 0.2) is 0 Å². The predicted molar refractivity (Wildman–Crippen MR) is 76.1 cm³/mol. The minimum absolute atomic E-state index is 0.0589. The Morgan fingerprint density at radius 1 is 1.44 bits per heavy atom. The zero-order chi connectivity index (χ0) is 13.0. The number of hydrazine groups is 1. The van der Waals surface area contributed by atoms with Gasteiger partial charge in [-0.3, -0.25) is 11.3 Å². The summed E-state index contributed by atoms with van der Waals surface area (Å²) in [7, 11) is 1.65. The second-order valence-corrected chi connectivity index (χ2v) is 5.15. The number of ether oxygens (including phenoxy) is 1.